The molecule has 1 aliphatic heterocycles. The fraction of sp³-hybridized carbons (Fsp3) is 0.686. The average Bonchev–Trinajstić information content (AvgIpc) is 3.73. The number of fused-ring (bicyclic) bond motifs is 1. The normalized spacial score (nSPS) is 24.6. The first-order chi connectivity index (χ1) is 22.4. The topological polar surface area (TPSA) is 133 Å². The van der Waals surface area contributed by atoms with Crippen molar-refractivity contribution < 1.29 is 37.4 Å². The molecule has 1 aromatic heterocycles. The van der Waals surface area contributed by atoms with E-state index in [1.165, 1.54) is 6.42 Å². The van der Waals surface area contributed by atoms with Crippen molar-refractivity contribution in [2.24, 2.45) is 29.4 Å². The molecule has 3 N–H and O–H groups in total. The Bertz CT molecular complexity index is 1300. The van der Waals surface area contributed by atoms with E-state index in [0.717, 1.165) is 44.9 Å². The number of hydrogen-bond acceptors (Lipinski definition) is 8. The highest BCUT2D eigenvalue weighted by molar-refractivity contribution is 6.00. The summed E-state index contributed by atoms with van der Waals surface area (Å²) in [7, 11) is 1.61. The van der Waals surface area contributed by atoms with Crippen LogP contribution < -0.4 is 11.1 Å². The quantitative estimate of drug-likeness (QED) is 0.204. The van der Waals surface area contributed by atoms with E-state index >= 15 is 0 Å². The predicted octanol–water partition coefficient (Wildman–Crippen LogP) is 5.48. The third kappa shape index (κ3) is 8.46. The van der Waals surface area contributed by atoms with Crippen LogP contribution in [0.4, 0.5) is 10.1 Å². The van der Waals surface area contributed by atoms with E-state index in [-0.39, 0.29) is 41.9 Å². The molecule has 0 radical (unpaired) electrons. The van der Waals surface area contributed by atoms with Crippen LogP contribution in [0, 0.1) is 23.7 Å². The SMILES string of the molecule is COCCOCCCOC(=O)c1cc2cc(NC(=O)[C@@H]3[C@H](C4CCCCC4)CCN3C(=O)[C@H]3CC[C@H]([C@H](N)CF)CC3)ccc2o1. The predicted molar refractivity (Wildman–Crippen MR) is 172 cm³/mol. The Hall–Kier alpha value is -3.02. The van der Waals surface area contributed by atoms with Gasteiger partial charge in [-0.05, 0) is 74.1 Å². The summed E-state index contributed by atoms with van der Waals surface area (Å²) in [5.74, 6) is -0.126. The van der Waals surface area contributed by atoms with Gasteiger partial charge in [0.25, 0.3) is 0 Å². The highest BCUT2D eigenvalue weighted by atomic mass is 19.1. The van der Waals surface area contributed by atoms with E-state index in [1.54, 1.807) is 31.4 Å². The Balaban J connectivity index is 1.23. The average molecular weight is 644 g/mol. The summed E-state index contributed by atoms with van der Waals surface area (Å²) in [5.41, 5.74) is 7.05. The summed E-state index contributed by atoms with van der Waals surface area (Å²) in [5, 5.41) is 3.76. The van der Waals surface area contributed by atoms with Gasteiger partial charge in [-0.25, -0.2) is 9.18 Å². The molecule has 5 rings (SSSR count). The van der Waals surface area contributed by atoms with Crippen molar-refractivity contribution in [3.8, 4) is 0 Å². The molecule has 2 aromatic rings. The minimum absolute atomic E-state index is 0.0423. The summed E-state index contributed by atoms with van der Waals surface area (Å²) < 4.78 is 34.5. The molecule has 2 amide bonds. The van der Waals surface area contributed by atoms with Crippen molar-refractivity contribution in [3.05, 3.63) is 30.0 Å². The molecule has 0 unspecified atom stereocenters. The Morgan fingerprint density at radius 1 is 1.00 bits per heavy atom. The van der Waals surface area contributed by atoms with Gasteiger partial charge in [-0.1, -0.05) is 32.1 Å². The highest BCUT2D eigenvalue weighted by Gasteiger charge is 2.47. The van der Waals surface area contributed by atoms with E-state index < -0.39 is 24.7 Å². The van der Waals surface area contributed by atoms with Gasteiger partial charge in [-0.2, -0.15) is 0 Å². The van der Waals surface area contributed by atoms with E-state index in [2.05, 4.69) is 5.32 Å². The Kier molecular flexibility index (Phi) is 12.5. The molecule has 1 saturated heterocycles. The van der Waals surface area contributed by atoms with Crippen LogP contribution in [0.1, 0.15) is 81.2 Å². The molecule has 0 spiro atoms. The van der Waals surface area contributed by atoms with Gasteiger partial charge < -0.3 is 34.6 Å². The summed E-state index contributed by atoms with van der Waals surface area (Å²) in [6.45, 7) is 1.70. The Labute approximate surface area is 270 Å². The summed E-state index contributed by atoms with van der Waals surface area (Å²) in [4.78, 5) is 42.4. The summed E-state index contributed by atoms with van der Waals surface area (Å²) in [6, 6.07) is 5.87. The van der Waals surface area contributed by atoms with E-state index in [1.807, 2.05) is 4.90 Å². The van der Waals surface area contributed by atoms with Crippen LogP contribution in [-0.4, -0.2) is 81.5 Å². The summed E-state index contributed by atoms with van der Waals surface area (Å²) >= 11 is 0. The minimum atomic E-state index is -0.560. The van der Waals surface area contributed by atoms with Crippen molar-refractivity contribution in [2.75, 3.05) is 52.1 Å². The minimum Gasteiger partial charge on any atom is -0.460 e. The summed E-state index contributed by atoms with van der Waals surface area (Å²) in [6.07, 6.45) is 9.93. The zero-order valence-corrected chi connectivity index (χ0v) is 27.1. The number of hydrogen-bond donors (Lipinski definition) is 2. The zero-order valence-electron chi connectivity index (χ0n) is 27.1. The molecular weight excluding hydrogens is 593 g/mol. The maximum absolute atomic E-state index is 14.0. The molecule has 3 atom stereocenters. The molecule has 0 bridgehead atoms. The van der Waals surface area contributed by atoms with Crippen LogP contribution in [0.15, 0.2) is 28.7 Å². The molecule has 11 heteroatoms. The number of carbonyl (C=O) groups is 3. The number of nitrogens with two attached hydrogens (primary N) is 1. The van der Waals surface area contributed by atoms with Crippen LogP contribution >= 0.6 is 0 Å². The van der Waals surface area contributed by atoms with Crippen LogP contribution in [0.25, 0.3) is 11.0 Å². The zero-order chi connectivity index (χ0) is 32.5. The molecule has 2 saturated carbocycles. The fourth-order valence-corrected chi connectivity index (χ4v) is 7.69. The lowest BCUT2D eigenvalue weighted by Crippen LogP contribution is -2.50. The van der Waals surface area contributed by atoms with E-state index in [0.29, 0.717) is 68.2 Å². The van der Waals surface area contributed by atoms with Crippen LogP contribution in [0.5, 0.6) is 0 Å². The number of amides is 2. The lowest BCUT2D eigenvalue weighted by molar-refractivity contribution is -0.142. The molecule has 3 fully saturated rings. The van der Waals surface area contributed by atoms with Gasteiger partial charge in [0.15, 0.2) is 0 Å². The van der Waals surface area contributed by atoms with Gasteiger partial charge in [-0.3, -0.25) is 9.59 Å². The third-order valence-electron chi connectivity index (χ3n) is 10.2. The van der Waals surface area contributed by atoms with Crippen molar-refractivity contribution in [3.63, 3.8) is 0 Å². The smallest absolute Gasteiger partial charge is 0.374 e. The van der Waals surface area contributed by atoms with Crippen molar-refractivity contribution >= 4 is 34.4 Å². The van der Waals surface area contributed by atoms with Gasteiger partial charge in [0.05, 0.1) is 19.8 Å². The Morgan fingerprint density at radius 3 is 2.52 bits per heavy atom. The second-order valence-electron chi connectivity index (χ2n) is 13.2. The second-order valence-corrected chi connectivity index (χ2v) is 13.2. The second kappa shape index (κ2) is 16.7. The lowest BCUT2D eigenvalue weighted by atomic mass is 9.76. The largest absolute Gasteiger partial charge is 0.460 e. The number of ether oxygens (including phenoxy) is 3. The number of rotatable bonds is 14. The van der Waals surface area contributed by atoms with Crippen molar-refractivity contribution in [2.45, 2.75) is 82.7 Å². The number of nitrogens with one attached hydrogen (secondary N) is 1. The van der Waals surface area contributed by atoms with Gasteiger partial charge in [-0.15, -0.1) is 0 Å². The molecule has 2 heterocycles. The van der Waals surface area contributed by atoms with Crippen molar-refractivity contribution in [1.29, 1.82) is 0 Å². The molecule has 3 aliphatic rings. The number of alkyl halides is 1. The van der Waals surface area contributed by atoms with Crippen molar-refractivity contribution in [1.82, 2.24) is 4.90 Å². The Morgan fingerprint density at radius 2 is 1.78 bits per heavy atom. The number of methoxy groups -OCH3 is 1. The van der Waals surface area contributed by atoms with Crippen LogP contribution in [0.3, 0.4) is 0 Å². The molecular formula is C35H50FN3O7. The molecule has 46 heavy (non-hydrogen) atoms. The first kappa shape index (κ1) is 34.3. The monoisotopic (exact) mass is 643 g/mol. The van der Waals surface area contributed by atoms with E-state index in [4.69, 9.17) is 24.4 Å². The van der Waals surface area contributed by atoms with Gasteiger partial charge in [0, 0.05) is 49.7 Å². The van der Waals surface area contributed by atoms with Crippen LogP contribution in [-0.2, 0) is 23.8 Å². The number of esters is 1. The number of anilines is 1. The number of likely N-dealkylation sites (tertiary alicyclic amines) is 1. The molecule has 254 valence electrons. The number of carbonyl (C=O) groups excluding carboxylic acids is 3. The van der Waals surface area contributed by atoms with Gasteiger partial charge in [0.2, 0.25) is 17.6 Å². The molecule has 1 aromatic carbocycles. The highest BCUT2D eigenvalue weighted by Crippen LogP contribution is 2.41. The number of nitrogens with zero attached hydrogens (tertiary/aromatic N) is 1. The first-order valence-corrected chi connectivity index (χ1v) is 17.1. The van der Waals surface area contributed by atoms with Crippen LogP contribution in [0.2, 0.25) is 0 Å². The fourth-order valence-electron chi connectivity index (χ4n) is 7.69. The van der Waals surface area contributed by atoms with Gasteiger partial charge >= 0.3 is 5.97 Å². The number of furan rings is 1. The lowest BCUT2D eigenvalue weighted by Gasteiger charge is -2.36. The third-order valence-corrected chi connectivity index (χ3v) is 10.2. The maximum atomic E-state index is 14.0. The van der Waals surface area contributed by atoms with E-state index in [9.17, 15) is 18.8 Å². The standard InChI is InChI=1S/C35H50FN3O7/c1-43-18-19-44-16-5-17-45-35(42)31-21-26-20-27(12-13-30(26)46-31)38-33(40)32-28(23-6-3-2-4-7-23)14-15-39(32)34(41)25-10-8-24(9-11-25)29(37)22-36/h12-13,20-21,23-25,28-29,32H,2-11,14-19,22,37H2,1H3,(H,38,40)/t24-,25-,28-,29+,32-/m0/s1. The molecule has 2 aliphatic carbocycles. The number of benzene rings is 1. The maximum Gasteiger partial charge on any atom is 0.374 e. The van der Waals surface area contributed by atoms with Gasteiger partial charge in [0.1, 0.15) is 18.3 Å². The first-order valence-electron chi connectivity index (χ1n) is 17.1. The number of halogens is 1. The molecule has 10 nitrogen and oxygen atoms in total.